The van der Waals surface area contributed by atoms with Gasteiger partial charge in [-0.3, -0.25) is 9.36 Å². The first-order valence-electron chi connectivity index (χ1n) is 11.7. The molecular formula is C26H32N6O. The summed E-state index contributed by atoms with van der Waals surface area (Å²) in [7, 11) is 2.01. The predicted molar refractivity (Wildman–Crippen MR) is 128 cm³/mol. The van der Waals surface area contributed by atoms with E-state index in [0.29, 0.717) is 17.1 Å². The molecule has 3 aromatic heterocycles. The van der Waals surface area contributed by atoms with Gasteiger partial charge in [0.25, 0.3) is 5.89 Å². The third-order valence-electron chi connectivity index (χ3n) is 6.92. The molecule has 0 radical (unpaired) electrons. The number of rotatable bonds is 5. The van der Waals surface area contributed by atoms with Gasteiger partial charge in [0.05, 0.1) is 5.69 Å². The molecular weight excluding hydrogens is 412 g/mol. The Labute approximate surface area is 194 Å². The van der Waals surface area contributed by atoms with Crippen molar-refractivity contribution in [2.75, 3.05) is 0 Å². The van der Waals surface area contributed by atoms with Crippen molar-refractivity contribution in [1.82, 2.24) is 29.7 Å². The summed E-state index contributed by atoms with van der Waals surface area (Å²) >= 11 is 0. The van der Waals surface area contributed by atoms with E-state index in [0.717, 1.165) is 49.2 Å². The van der Waals surface area contributed by atoms with Crippen molar-refractivity contribution >= 4 is 0 Å². The Bertz CT molecular complexity index is 1300. The summed E-state index contributed by atoms with van der Waals surface area (Å²) in [6.45, 7) is 11.8. The van der Waals surface area contributed by atoms with Crippen LogP contribution < -0.4 is 0 Å². The van der Waals surface area contributed by atoms with E-state index in [-0.39, 0.29) is 0 Å². The van der Waals surface area contributed by atoms with Gasteiger partial charge in [0.1, 0.15) is 0 Å². The van der Waals surface area contributed by atoms with Crippen molar-refractivity contribution < 1.29 is 4.52 Å². The predicted octanol–water partition coefficient (Wildman–Crippen LogP) is 5.02. The van der Waals surface area contributed by atoms with E-state index in [2.05, 4.69) is 50.1 Å². The summed E-state index contributed by atoms with van der Waals surface area (Å²) in [6.07, 6.45) is 6.12. The summed E-state index contributed by atoms with van der Waals surface area (Å²) in [5.74, 6) is 1.12. The molecule has 0 unspecified atom stereocenters. The van der Waals surface area contributed by atoms with Crippen LogP contribution >= 0.6 is 0 Å². The van der Waals surface area contributed by atoms with Crippen LogP contribution in [0.1, 0.15) is 53.9 Å². The van der Waals surface area contributed by atoms with E-state index in [1.807, 2.05) is 35.6 Å². The Balaban J connectivity index is 1.40. The average molecular weight is 445 g/mol. The van der Waals surface area contributed by atoms with E-state index in [1.54, 1.807) is 0 Å². The maximum atomic E-state index is 5.71. The van der Waals surface area contributed by atoms with Gasteiger partial charge in [-0.15, -0.1) is 0 Å². The molecule has 3 heterocycles. The van der Waals surface area contributed by atoms with Crippen molar-refractivity contribution in [3.05, 3.63) is 58.0 Å². The lowest BCUT2D eigenvalue weighted by molar-refractivity contribution is 0.306. The number of benzene rings is 1. The normalized spacial score (nSPS) is 15.1. The van der Waals surface area contributed by atoms with Gasteiger partial charge >= 0.3 is 0 Å². The molecule has 0 N–H and O–H groups in total. The van der Waals surface area contributed by atoms with Crippen LogP contribution in [0.3, 0.4) is 0 Å². The zero-order valence-electron chi connectivity index (χ0n) is 20.4. The lowest BCUT2D eigenvalue weighted by Crippen LogP contribution is -2.23. The van der Waals surface area contributed by atoms with Gasteiger partial charge in [-0.1, -0.05) is 19.0 Å². The zero-order valence-corrected chi connectivity index (χ0v) is 20.4. The molecule has 0 aliphatic heterocycles. The SMILES string of the molecule is Cc1ccn(CCc2c(C)cc(-c3noc(-c4nn(C)c5c4CCC(C)(C)C5)n3)cc2C)n1. The minimum Gasteiger partial charge on any atom is -0.332 e. The molecule has 0 bridgehead atoms. The van der Waals surface area contributed by atoms with E-state index in [1.165, 1.54) is 27.9 Å². The van der Waals surface area contributed by atoms with E-state index < -0.39 is 0 Å². The highest BCUT2D eigenvalue weighted by molar-refractivity contribution is 5.63. The largest absolute Gasteiger partial charge is 0.332 e. The highest BCUT2D eigenvalue weighted by atomic mass is 16.5. The highest BCUT2D eigenvalue weighted by Crippen LogP contribution is 2.38. The monoisotopic (exact) mass is 444 g/mol. The number of hydrogen-bond donors (Lipinski definition) is 0. The van der Waals surface area contributed by atoms with Gasteiger partial charge in [-0.25, -0.2) is 0 Å². The minimum absolute atomic E-state index is 0.297. The molecule has 1 aliphatic carbocycles. The van der Waals surface area contributed by atoms with Crippen molar-refractivity contribution in [2.45, 2.75) is 66.8 Å². The van der Waals surface area contributed by atoms with Crippen LogP contribution in [0.4, 0.5) is 0 Å². The Morgan fingerprint density at radius 1 is 1.09 bits per heavy atom. The first kappa shape index (κ1) is 21.6. The van der Waals surface area contributed by atoms with Crippen LogP contribution in [0.25, 0.3) is 23.0 Å². The number of hydrogen-bond acceptors (Lipinski definition) is 5. The quantitative estimate of drug-likeness (QED) is 0.432. The van der Waals surface area contributed by atoms with Gasteiger partial charge in [0, 0.05) is 36.6 Å². The van der Waals surface area contributed by atoms with Gasteiger partial charge < -0.3 is 4.52 Å². The fourth-order valence-electron chi connectivity index (χ4n) is 5.03. The molecule has 172 valence electrons. The van der Waals surface area contributed by atoms with Crippen LogP contribution in [0, 0.1) is 26.2 Å². The fraction of sp³-hybridized carbons (Fsp3) is 0.462. The molecule has 0 fully saturated rings. The number of aromatic nitrogens is 6. The molecule has 1 aromatic carbocycles. The number of fused-ring (bicyclic) bond motifs is 1. The van der Waals surface area contributed by atoms with Crippen LogP contribution in [0.5, 0.6) is 0 Å². The zero-order chi connectivity index (χ0) is 23.3. The maximum absolute atomic E-state index is 5.71. The second-order valence-electron chi connectivity index (χ2n) is 10.2. The van der Waals surface area contributed by atoms with Crippen molar-refractivity contribution in [3.8, 4) is 23.0 Å². The molecule has 7 heteroatoms. The van der Waals surface area contributed by atoms with Gasteiger partial charge in [-0.2, -0.15) is 15.2 Å². The number of nitrogens with zero attached hydrogens (tertiary/aromatic N) is 6. The Kier molecular flexibility index (Phi) is 5.22. The summed E-state index contributed by atoms with van der Waals surface area (Å²) in [5.41, 5.74) is 9.50. The molecule has 1 aliphatic rings. The molecule has 0 saturated heterocycles. The first-order valence-corrected chi connectivity index (χ1v) is 11.7. The van der Waals surface area contributed by atoms with Crippen LogP contribution in [0.15, 0.2) is 28.9 Å². The molecule has 0 atom stereocenters. The Hall–Kier alpha value is -3.22. The second-order valence-corrected chi connectivity index (χ2v) is 10.2. The first-order chi connectivity index (χ1) is 15.7. The fourth-order valence-corrected chi connectivity index (χ4v) is 5.03. The van der Waals surface area contributed by atoms with Gasteiger partial charge in [-0.05, 0) is 86.8 Å². The maximum Gasteiger partial charge on any atom is 0.279 e. The lowest BCUT2D eigenvalue weighted by Gasteiger charge is -2.29. The van der Waals surface area contributed by atoms with Crippen LogP contribution in [-0.4, -0.2) is 29.7 Å². The lowest BCUT2D eigenvalue weighted by atomic mass is 9.76. The standard InChI is InChI=1S/C26H32N6O/c1-16-13-19(14-17(2)20(16)9-12-32-11-8-18(3)28-32)24-27-25(33-30-24)23-21-7-10-26(4,5)15-22(21)31(6)29-23/h8,11,13-14H,7,9-10,12,15H2,1-6H3. The van der Waals surface area contributed by atoms with E-state index in [4.69, 9.17) is 14.6 Å². The smallest absolute Gasteiger partial charge is 0.279 e. The van der Waals surface area contributed by atoms with Gasteiger partial charge in [0.2, 0.25) is 5.82 Å². The topological polar surface area (TPSA) is 74.6 Å². The Morgan fingerprint density at radius 2 is 1.85 bits per heavy atom. The minimum atomic E-state index is 0.297. The molecule has 5 rings (SSSR count). The molecule has 4 aromatic rings. The molecule has 33 heavy (non-hydrogen) atoms. The molecule has 0 amide bonds. The van der Waals surface area contributed by atoms with Crippen molar-refractivity contribution in [3.63, 3.8) is 0 Å². The van der Waals surface area contributed by atoms with Gasteiger partial charge in [0.15, 0.2) is 5.69 Å². The van der Waals surface area contributed by atoms with Crippen molar-refractivity contribution in [1.29, 1.82) is 0 Å². The van der Waals surface area contributed by atoms with Crippen LogP contribution in [-0.2, 0) is 32.9 Å². The summed E-state index contributed by atoms with van der Waals surface area (Å²) in [5, 5.41) is 13.6. The summed E-state index contributed by atoms with van der Waals surface area (Å²) < 4.78 is 9.69. The third-order valence-corrected chi connectivity index (χ3v) is 6.92. The second kappa shape index (κ2) is 7.97. The third kappa shape index (κ3) is 4.12. The van der Waals surface area contributed by atoms with Crippen molar-refractivity contribution in [2.24, 2.45) is 12.5 Å². The van der Waals surface area contributed by atoms with Crippen LogP contribution in [0.2, 0.25) is 0 Å². The summed E-state index contributed by atoms with van der Waals surface area (Å²) in [6, 6.07) is 6.35. The number of aryl methyl sites for hydroxylation is 5. The van der Waals surface area contributed by atoms with E-state index >= 15 is 0 Å². The molecule has 0 spiro atoms. The molecule has 7 nitrogen and oxygen atoms in total. The Morgan fingerprint density at radius 3 is 2.55 bits per heavy atom. The molecule has 0 saturated carbocycles. The summed E-state index contributed by atoms with van der Waals surface area (Å²) in [4.78, 5) is 4.75. The highest BCUT2D eigenvalue weighted by Gasteiger charge is 2.32. The average Bonchev–Trinajstić information content (AvgIpc) is 3.46. The van der Waals surface area contributed by atoms with E-state index in [9.17, 15) is 0 Å².